The molecule has 1 aliphatic heterocycles. The molecule has 2 rings (SSSR count). The topological polar surface area (TPSA) is 93.8 Å². The van der Waals surface area contributed by atoms with Crippen molar-refractivity contribution in [1.82, 2.24) is 0 Å². The third kappa shape index (κ3) is 1.56. The molecule has 0 unspecified atom stereocenters. The minimum Gasteiger partial charge on any atom is -0.318 e. The van der Waals surface area contributed by atoms with Crippen molar-refractivity contribution >= 4 is 29.0 Å². The zero-order chi connectivity index (χ0) is 10.7. The summed E-state index contributed by atoms with van der Waals surface area (Å²) in [6.45, 7) is 0. The number of nitrogens with zero attached hydrogens (tertiary/aromatic N) is 2. The first-order valence-electron chi connectivity index (χ1n) is 3.54. The summed E-state index contributed by atoms with van der Waals surface area (Å²) < 4.78 is 0. The van der Waals surface area contributed by atoms with Crippen LogP contribution in [0.1, 0.15) is 10.4 Å². The van der Waals surface area contributed by atoms with Crippen LogP contribution in [0.5, 0.6) is 0 Å². The molecular formula is C8H4ClN3O2. The Bertz CT molecular complexity index is 428. The first kappa shape index (κ1) is 10.2. The van der Waals surface area contributed by atoms with Gasteiger partial charge in [-0.2, -0.15) is 0 Å². The van der Waals surface area contributed by atoms with E-state index in [0.29, 0.717) is 16.3 Å². The molecule has 1 aromatic rings. The standard InChI is InChI=1S/C8H4ClNO2.N2/c9-4-1-2-6-5(3-4)7(11)8(12)10-6;1-2/h1-3H,(H,10,11,12);. The first-order valence-corrected chi connectivity index (χ1v) is 3.91. The fourth-order valence-corrected chi connectivity index (χ4v) is 1.29. The van der Waals surface area contributed by atoms with Crippen molar-refractivity contribution in [2.75, 3.05) is 5.32 Å². The summed E-state index contributed by atoms with van der Waals surface area (Å²) in [7, 11) is 0. The Labute approximate surface area is 84.1 Å². The normalized spacial score (nSPS) is 12.5. The molecule has 0 aliphatic carbocycles. The number of anilines is 1. The van der Waals surface area contributed by atoms with Crippen LogP contribution in [-0.2, 0) is 4.79 Å². The van der Waals surface area contributed by atoms with Crippen LogP contribution in [0.25, 0.3) is 0 Å². The van der Waals surface area contributed by atoms with Gasteiger partial charge in [0.1, 0.15) is 0 Å². The van der Waals surface area contributed by atoms with Crippen LogP contribution in [0.2, 0.25) is 5.02 Å². The summed E-state index contributed by atoms with van der Waals surface area (Å²) >= 11 is 5.65. The molecule has 70 valence electrons. The lowest BCUT2D eigenvalue weighted by molar-refractivity contribution is -0.112. The van der Waals surface area contributed by atoms with E-state index < -0.39 is 11.7 Å². The maximum absolute atomic E-state index is 11.1. The van der Waals surface area contributed by atoms with Gasteiger partial charge >= 0.3 is 0 Å². The molecule has 1 amide bonds. The molecule has 1 aromatic carbocycles. The Kier molecular flexibility index (Phi) is 2.79. The molecule has 1 N–H and O–H groups in total. The predicted octanol–water partition coefficient (Wildman–Crippen LogP) is 1.50. The van der Waals surface area contributed by atoms with E-state index >= 15 is 0 Å². The lowest BCUT2D eigenvalue weighted by atomic mass is 10.1. The van der Waals surface area contributed by atoms with Gasteiger partial charge in [0.2, 0.25) is 0 Å². The monoisotopic (exact) mass is 209 g/mol. The number of carbonyl (C=O) groups is 2. The van der Waals surface area contributed by atoms with Crippen molar-refractivity contribution in [1.29, 1.82) is 10.8 Å². The molecule has 0 radical (unpaired) electrons. The fourth-order valence-electron chi connectivity index (χ4n) is 1.11. The summed E-state index contributed by atoms with van der Waals surface area (Å²) in [5.74, 6) is -1.11. The fraction of sp³-hybridized carbons (Fsp3) is 0. The highest BCUT2D eigenvalue weighted by atomic mass is 35.5. The number of hydrogen-bond acceptors (Lipinski definition) is 4. The predicted molar refractivity (Wildman–Crippen MR) is 47.9 cm³/mol. The molecule has 0 fully saturated rings. The van der Waals surface area contributed by atoms with E-state index in [0.717, 1.165) is 0 Å². The second-order valence-electron chi connectivity index (χ2n) is 2.47. The highest BCUT2D eigenvalue weighted by Crippen LogP contribution is 2.25. The van der Waals surface area contributed by atoms with E-state index in [1.165, 1.54) is 6.07 Å². The molecule has 1 heterocycles. The van der Waals surface area contributed by atoms with Crippen molar-refractivity contribution in [3.8, 4) is 0 Å². The molecule has 0 saturated carbocycles. The Hall–Kier alpha value is -1.93. The average Bonchev–Trinajstić information content (AvgIpc) is 2.48. The zero-order valence-electron chi connectivity index (χ0n) is 6.82. The minimum absolute atomic E-state index is 0.354. The Balaban J connectivity index is 0.000000461. The van der Waals surface area contributed by atoms with Crippen molar-refractivity contribution in [2.45, 2.75) is 0 Å². The van der Waals surface area contributed by atoms with Gasteiger partial charge in [-0.1, -0.05) is 11.6 Å². The number of ketones is 1. The van der Waals surface area contributed by atoms with Gasteiger partial charge in [-0.25, -0.2) is 0 Å². The Morgan fingerprint density at radius 3 is 2.50 bits per heavy atom. The lowest BCUT2D eigenvalue weighted by Gasteiger charge is -1.94. The Morgan fingerprint density at radius 2 is 1.86 bits per heavy atom. The Morgan fingerprint density at radius 1 is 1.21 bits per heavy atom. The number of Topliss-reactive ketones (excluding diaryl/α,β-unsaturated/α-hetero) is 1. The van der Waals surface area contributed by atoms with E-state index in [1.54, 1.807) is 12.1 Å². The maximum Gasteiger partial charge on any atom is 0.296 e. The summed E-state index contributed by atoms with van der Waals surface area (Å²) in [6, 6.07) is 4.72. The maximum atomic E-state index is 11.1. The number of benzene rings is 1. The molecule has 5 nitrogen and oxygen atoms in total. The molecule has 0 bridgehead atoms. The molecule has 6 heteroatoms. The molecule has 1 aliphatic rings. The highest BCUT2D eigenvalue weighted by molar-refractivity contribution is 6.52. The molecular weight excluding hydrogens is 206 g/mol. The van der Waals surface area contributed by atoms with Crippen LogP contribution in [0.15, 0.2) is 18.2 Å². The third-order valence-corrected chi connectivity index (χ3v) is 1.92. The van der Waals surface area contributed by atoms with Gasteiger partial charge in [-0.05, 0) is 18.2 Å². The zero-order valence-corrected chi connectivity index (χ0v) is 7.58. The summed E-state index contributed by atoms with van der Waals surface area (Å²) in [5.41, 5.74) is 0.891. The van der Waals surface area contributed by atoms with Crippen LogP contribution in [0.3, 0.4) is 0 Å². The van der Waals surface area contributed by atoms with E-state index in [4.69, 9.17) is 22.4 Å². The van der Waals surface area contributed by atoms with Gasteiger partial charge < -0.3 is 5.32 Å². The molecule has 0 atom stereocenters. The quantitative estimate of drug-likeness (QED) is 0.518. The number of carbonyl (C=O) groups excluding carboxylic acids is 2. The number of fused-ring (bicyclic) bond motifs is 1. The van der Waals surface area contributed by atoms with Crippen LogP contribution in [0, 0.1) is 10.8 Å². The van der Waals surface area contributed by atoms with E-state index in [1.807, 2.05) is 0 Å². The first-order chi connectivity index (χ1) is 6.68. The van der Waals surface area contributed by atoms with Crippen LogP contribution in [-0.4, -0.2) is 11.7 Å². The number of nitrogens with one attached hydrogen (secondary N) is 1. The summed E-state index contributed by atoms with van der Waals surface area (Å²) in [5, 5.41) is 14.9. The number of hydrogen-bond donors (Lipinski definition) is 1. The van der Waals surface area contributed by atoms with Crippen LogP contribution in [0.4, 0.5) is 5.69 Å². The smallest absolute Gasteiger partial charge is 0.296 e. The average molecular weight is 210 g/mol. The van der Waals surface area contributed by atoms with E-state index in [-0.39, 0.29) is 0 Å². The van der Waals surface area contributed by atoms with Gasteiger partial charge in [-0.3, -0.25) is 9.59 Å². The molecule has 0 spiro atoms. The van der Waals surface area contributed by atoms with Crippen LogP contribution < -0.4 is 5.32 Å². The van der Waals surface area contributed by atoms with Crippen molar-refractivity contribution in [2.24, 2.45) is 0 Å². The third-order valence-electron chi connectivity index (χ3n) is 1.68. The lowest BCUT2D eigenvalue weighted by Crippen LogP contribution is -2.12. The molecule has 0 aromatic heterocycles. The van der Waals surface area contributed by atoms with E-state index in [9.17, 15) is 9.59 Å². The van der Waals surface area contributed by atoms with Crippen molar-refractivity contribution < 1.29 is 9.59 Å². The van der Waals surface area contributed by atoms with E-state index in [2.05, 4.69) is 5.32 Å². The van der Waals surface area contributed by atoms with Gasteiger partial charge in [0.05, 0.1) is 11.3 Å². The summed E-state index contributed by atoms with van der Waals surface area (Å²) in [4.78, 5) is 21.9. The van der Waals surface area contributed by atoms with Crippen molar-refractivity contribution in [3.05, 3.63) is 28.8 Å². The number of rotatable bonds is 0. The SMILES string of the molecule is N#N.O=C1Nc2ccc(Cl)cc2C1=O. The van der Waals surface area contributed by atoms with Gasteiger partial charge in [-0.15, -0.1) is 0 Å². The minimum atomic E-state index is -0.590. The number of halogens is 1. The van der Waals surface area contributed by atoms with Crippen molar-refractivity contribution in [3.63, 3.8) is 0 Å². The highest BCUT2D eigenvalue weighted by Gasteiger charge is 2.27. The van der Waals surface area contributed by atoms with Gasteiger partial charge in [0.25, 0.3) is 11.7 Å². The van der Waals surface area contributed by atoms with Gasteiger partial charge in [0.15, 0.2) is 0 Å². The summed E-state index contributed by atoms with van der Waals surface area (Å²) in [6.07, 6.45) is 0. The van der Waals surface area contributed by atoms with Crippen LogP contribution >= 0.6 is 11.6 Å². The largest absolute Gasteiger partial charge is 0.318 e. The molecule has 14 heavy (non-hydrogen) atoms. The second-order valence-corrected chi connectivity index (χ2v) is 2.91. The number of amides is 1. The van der Waals surface area contributed by atoms with Gasteiger partial charge in [0, 0.05) is 15.8 Å². The molecule has 0 saturated heterocycles. The second kappa shape index (κ2) is 3.85.